The van der Waals surface area contributed by atoms with Gasteiger partial charge in [-0.05, 0) is 41.5 Å². The first-order chi connectivity index (χ1) is 25.5. The molecule has 3 heterocycles. The molecule has 0 bridgehead atoms. The Morgan fingerprint density at radius 1 is 0.618 bits per heavy atom. The van der Waals surface area contributed by atoms with Gasteiger partial charge in [0.15, 0.2) is 29.6 Å². The summed E-state index contributed by atoms with van der Waals surface area (Å²) in [4.78, 5) is 47.2. The van der Waals surface area contributed by atoms with Gasteiger partial charge in [0.1, 0.15) is 36.6 Å². The van der Waals surface area contributed by atoms with Crippen molar-refractivity contribution in [2.75, 3.05) is 67.1 Å². The highest BCUT2D eigenvalue weighted by Gasteiger charge is 2.61. The normalized spacial score (nSPS) is 29.9. The van der Waals surface area contributed by atoms with Crippen molar-refractivity contribution in [2.24, 2.45) is 11.8 Å². The topological polar surface area (TPSA) is 219 Å². The lowest BCUT2D eigenvalue weighted by molar-refractivity contribution is -0.255. The van der Waals surface area contributed by atoms with Crippen molar-refractivity contribution in [1.82, 2.24) is 0 Å². The molecule has 0 aromatic rings. The summed E-state index contributed by atoms with van der Waals surface area (Å²) in [7, 11) is 3.15. The van der Waals surface area contributed by atoms with Crippen molar-refractivity contribution >= 4 is 23.9 Å². The molecule has 55 heavy (non-hydrogen) atoms. The van der Waals surface area contributed by atoms with Crippen LogP contribution in [0.1, 0.15) is 82.1 Å². The first kappa shape index (κ1) is 48.6. The highest BCUT2D eigenvalue weighted by molar-refractivity contribution is 5.79. The maximum atomic E-state index is 12.4. The molecule has 7 unspecified atom stereocenters. The van der Waals surface area contributed by atoms with Crippen molar-refractivity contribution in [2.45, 2.75) is 135 Å². The van der Waals surface area contributed by atoms with Crippen LogP contribution in [0.5, 0.6) is 0 Å². The molecule has 3 rings (SSSR count). The molecular formula is C37H64O18. The third-order valence-electron chi connectivity index (χ3n) is 9.58. The molecule has 0 spiro atoms. The van der Waals surface area contributed by atoms with Gasteiger partial charge in [-0.3, -0.25) is 9.59 Å². The monoisotopic (exact) mass is 796 g/mol. The molecule has 8 atom stereocenters. The lowest BCUT2D eigenvalue weighted by Crippen LogP contribution is -2.51. The summed E-state index contributed by atoms with van der Waals surface area (Å²) in [5.41, 5.74) is -4.79. The van der Waals surface area contributed by atoms with Gasteiger partial charge in [0.25, 0.3) is 0 Å². The van der Waals surface area contributed by atoms with Gasteiger partial charge in [-0.1, -0.05) is 13.8 Å². The molecule has 2 N–H and O–H groups in total. The van der Waals surface area contributed by atoms with Crippen LogP contribution in [0.25, 0.3) is 0 Å². The number of rotatable bonds is 20. The quantitative estimate of drug-likeness (QED) is 0.102. The summed E-state index contributed by atoms with van der Waals surface area (Å²) in [6.45, 7) is 17.1. The highest BCUT2D eigenvalue weighted by atomic mass is 16.8. The van der Waals surface area contributed by atoms with Gasteiger partial charge >= 0.3 is 23.9 Å². The summed E-state index contributed by atoms with van der Waals surface area (Å²) >= 11 is 0. The largest absolute Gasteiger partial charge is 0.463 e. The van der Waals surface area contributed by atoms with E-state index in [9.17, 15) is 29.4 Å². The fourth-order valence-corrected chi connectivity index (χ4v) is 5.80. The standard InChI is InChI=1S/C20H34O9.C17H30O9/c1-13-15-16(28-19(5,6)27-15)29-20(13,11-25-14(2)21)12-26-18(3,4)17(22)24-10-8-9-23-7;1-11-13(19)14(20)26-17(11,9-24-12(2)18)10-25-16(3,4)15(21)23-8-6-7-22-5/h13,15-16H,8-12H2,1-7H3;11,13-14,19-20H,6-10H2,1-5H3/t;11?,13-,14?,17?/m.1/s1. The summed E-state index contributed by atoms with van der Waals surface area (Å²) in [6, 6.07) is 0. The molecule has 0 aromatic carbocycles. The van der Waals surface area contributed by atoms with Gasteiger partial charge in [0.05, 0.1) is 26.4 Å². The molecule has 0 aliphatic carbocycles. The molecule has 0 amide bonds. The van der Waals surface area contributed by atoms with E-state index in [1.807, 2.05) is 20.8 Å². The minimum atomic E-state index is -1.44. The van der Waals surface area contributed by atoms with E-state index >= 15 is 0 Å². The van der Waals surface area contributed by atoms with Gasteiger partial charge in [0.2, 0.25) is 0 Å². The number of carbonyl (C=O) groups excluding carboxylic acids is 4. The minimum absolute atomic E-state index is 0.00175. The Hall–Kier alpha value is -2.52. The smallest absolute Gasteiger partial charge is 0.337 e. The van der Waals surface area contributed by atoms with E-state index in [0.29, 0.717) is 26.1 Å². The first-order valence-corrected chi connectivity index (χ1v) is 18.4. The molecule has 0 radical (unpaired) electrons. The number of esters is 4. The van der Waals surface area contributed by atoms with E-state index in [2.05, 4.69) is 0 Å². The third kappa shape index (κ3) is 13.8. The van der Waals surface area contributed by atoms with Crippen molar-refractivity contribution in [3.8, 4) is 0 Å². The molecule has 3 aliphatic heterocycles. The number of ether oxygens (including phenoxy) is 12. The second-order valence-corrected chi connectivity index (χ2v) is 15.4. The summed E-state index contributed by atoms with van der Waals surface area (Å²) in [5.74, 6) is -3.58. The minimum Gasteiger partial charge on any atom is -0.463 e. The number of aliphatic hydroxyl groups excluding tert-OH is 2. The number of hydrogen-bond donors (Lipinski definition) is 2. The van der Waals surface area contributed by atoms with Crippen LogP contribution in [-0.4, -0.2) is 154 Å². The predicted molar refractivity (Wildman–Crippen MR) is 190 cm³/mol. The SMILES string of the molecule is COCCCOC(=O)C(C)(C)OCC1(COC(C)=O)OC(O)[C@H](O)C1C.COCCCOC(=O)C(C)(C)OCC1(COC(C)=O)OC2OC(C)(C)OC2C1C. The Bertz CT molecular complexity index is 1250. The second kappa shape index (κ2) is 20.8. The van der Waals surface area contributed by atoms with E-state index in [1.54, 1.807) is 35.0 Å². The van der Waals surface area contributed by atoms with Crippen molar-refractivity contribution in [3.63, 3.8) is 0 Å². The second-order valence-electron chi connectivity index (χ2n) is 15.4. The maximum Gasteiger partial charge on any atom is 0.337 e. The zero-order valence-electron chi connectivity index (χ0n) is 34.5. The number of aliphatic hydroxyl groups is 2. The number of fused-ring (bicyclic) bond motifs is 1. The molecule has 3 aliphatic rings. The summed E-state index contributed by atoms with van der Waals surface area (Å²) < 4.78 is 65.5. The van der Waals surface area contributed by atoms with E-state index in [1.165, 1.54) is 27.7 Å². The lowest BCUT2D eigenvalue weighted by Gasteiger charge is -2.36. The van der Waals surface area contributed by atoms with Crippen LogP contribution in [0.2, 0.25) is 0 Å². The van der Waals surface area contributed by atoms with Crippen LogP contribution in [0.15, 0.2) is 0 Å². The number of hydrogen-bond acceptors (Lipinski definition) is 18. The number of carbonyl (C=O) groups is 4. The predicted octanol–water partition coefficient (Wildman–Crippen LogP) is 1.82. The third-order valence-corrected chi connectivity index (χ3v) is 9.58. The first-order valence-electron chi connectivity index (χ1n) is 18.4. The average molecular weight is 797 g/mol. The molecule has 3 fully saturated rings. The molecule has 3 saturated heterocycles. The van der Waals surface area contributed by atoms with Crippen LogP contribution < -0.4 is 0 Å². The zero-order valence-corrected chi connectivity index (χ0v) is 34.5. The Balaban J connectivity index is 0.000000383. The fraction of sp³-hybridized carbons (Fsp3) is 0.892. The van der Waals surface area contributed by atoms with E-state index < -0.39 is 76.7 Å². The van der Waals surface area contributed by atoms with E-state index in [4.69, 9.17) is 56.8 Å². The average Bonchev–Trinajstić information content (AvgIpc) is 3.63. The van der Waals surface area contributed by atoms with Crippen molar-refractivity contribution < 1.29 is 86.2 Å². The van der Waals surface area contributed by atoms with Gasteiger partial charge in [-0.2, -0.15) is 0 Å². The molecular weight excluding hydrogens is 732 g/mol. The zero-order chi connectivity index (χ0) is 41.8. The summed E-state index contributed by atoms with van der Waals surface area (Å²) in [5, 5.41) is 19.8. The Morgan fingerprint density at radius 2 is 1.05 bits per heavy atom. The fourth-order valence-electron chi connectivity index (χ4n) is 5.80. The number of methoxy groups -OCH3 is 2. The van der Waals surface area contributed by atoms with Gasteiger partial charge in [-0.25, -0.2) is 9.59 Å². The van der Waals surface area contributed by atoms with Crippen LogP contribution in [0, 0.1) is 11.8 Å². The van der Waals surface area contributed by atoms with E-state index in [0.717, 1.165) is 0 Å². The van der Waals surface area contributed by atoms with Crippen LogP contribution in [0.4, 0.5) is 0 Å². The van der Waals surface area contributed by atoms with Crippen molar-refractivity contribution in [1.29, 1.82) is 0 Å². The van der Waals surface area contributed by atoms with Crippen LogP contribution >= 0.6 is 0 Å². The lowest BCUT2D eigenvalue weighted by atomic mass is 9.88. The van der Waals surface area contributed by atoms with Crippen LogP contribution in [0.3, 0.4) is 0 Å². The molecule has 0 saturated carbocycles. The van der Waals surface area contributed by atoms with Crippen LogP contribution in [-0.2, 0) is 76.0 Å². The highest BCUT2D eigenvalue weighted by Crippen LogP contribution is 2.46. The van der Waals surface area contributed by atoms with E-state index in [-0.39, 0.29) is 51.7 Å². The molecule has 18 heteroatoms. The molecule has 320 valence electrons. The Kier molecular flexibility index (Phi) is 18.4. The van der Waals surface area contributed by atoms with Gasteiger partial charge < -0.3 is 67.1 Å². The van der Waals surface area contributed by atoms with Gasteiger partial charge in [-0.15, -0.1) is 0 Å². The molecule has 0 aromatic heterocycles. The van der Waals surface area contributed by atoms with Gasteiger partial charge in [0, 0.05) is 66.0 Å². The maximum absolute atomic E-state index is 12.4. The molecule has 18 nitrogen and oxygen atoms in total. The van der Waals surface area contributed by atoms with Crippen molar-refractivity contribution in [3.05, 3.63) is 0 Å². The Labute approximate surface area is 323 Å². The summed E-state index contributed by atoms with van der Waals surface area (Å²) in [6.07, 6.45) is -2.39. The Morgan fingerprint density at radius 3 is 1.42 bits per heavy atom.